The predicted octanol–water partition coefficient (Wildman–Crippen LogP) is 3.29. The Labute approximate surface area is 159 Å². The number of nitrogens with one attached hydrogen (secondary N) is 1. The van der Waals surface area contributed by atoms with Crippen LogP contribution >= 0.6 is 0 Å². The maximum absolute atomic E-state index is 13.0. The molecule has 1 aliphatic carbocycles. The Morgan fingerprint density at radius 1 is 1.19 bits per heavy atom. The zero-order chi connectivity index (χ0) is 19.4. The molecule has 0 radical (unpaired) electrons. The first-order valence-corrected chi connectivity index (χ1v) is 9.16. The van der Waals surface area contributed by atoms with E-state index in [0.29, 0.717) is 12.2 Å². The van der Waals surface area contributed by atoms with Crippen LogP contribution in [0.15, 0.2) is 47.1 Å². The van der Waals surface area contributed by atoms with Gasteiger partial charge in [-0.2, -0.15) is 5.10 Å². The highest BCUT2D eigenvalue weighted by atomic mass is 16.5. The molecular weight excluding hydrogens is 340 g/mol. The van der Waals surface area contributed by atoms with Gasteiger partial charge in [0, 0.05) is 11.8 Å². The van der Waals surface area contributed by atoms with Gasteiger partial charge in [0.15, 0.2) is 5.78 Å². The highest BCUT2D eigenvalue weighted by Crippen LogP contribution is 2.50. The Kier molecular flexibility index (Phi) is 5.56. The molecule has 1 aromatic carbocycles. The number of hydrogen-bond donors (Lipinski definition) is 1. The largest absolute Gasteiger partial charge is 0.361 e. The van der Waals surface area contributed by atoms with Gasteiger partial charge in [-0.15, -0.1) is 0 Å². The summed E-state index contributed by atoms with van der Waals surface area (Å²) >= 11 is 0. The monoisotopic (exact) mass is 366 g/mol. The average molecular weight is 366 g/mol. The molecule has 0 spiro atoms. The van der Waals surface area contributed by atoms with Gasteiger partial charge < -0.3 is 9.84 Å². The van der Waals surface area contributed by atoms with E-state index >= 15 is 0 Å². The lowest BCUT2D eigenvalue weighted by Crippen LogP contribution is -2.21. The van der Waals surface area contributed by atoms with Crippen molar-refractivity contribution in [1.82, 2.24) is 20.3 Å². The van der Waals surface area contributed by atoms with Crippen LogP contribution in [0.2, 0.25) is 0 Å². The van der Waals surface area contributed by atoms with Crippen molar-refractivity contribution in [3.05, 3.63) is 70.9 Å². The third-order valence-electron chi connectivity index (χ3n) is 4.89. The smallest absolute Gasteiger partial charge is 0.193 e. The third kappa shape index (κ3) is 3.85. The van der Waals surface area contributed by atoms with Crippen LogP contribution < -0.4 is 5.32 Å². The molecule has 0 aliphatic heterocycles. The van der Waals surface area contributed by atoms with Crippen LogP contribution in [-0.4, -0.2) is 34.8 Å². The number of rotatable bonds is 5. The number of carbonyl (C=O) groups excluding carboxylic acids is 1. The number of ketones is 1. The Bertz CT molecular complexity index is 888. The third-order valence-corrected chi connectivity index (χ3v) is 4.89. The molecule has 3 aromatic rings. The minimum absolute atomic E-state index is 0.117. The topological polar surface area (TPSA) is 73.0 Å². The van der Waals surface area contributed by atoms with Gasteiger partial charge in [-0.1, -0.05) is 35.5 Å². The van der Waals surface area contributed by atoms with Gasteiger partial charge in [-0.3, -0.25) is 9.48 Å². The molecule has 0 unspecified atom stereocenters. The second-order valence-electron chi connectivity index (χ2n) is 6.98. The molecule has 1 saturated carbocycles. The summed E-state index contributed by atoms with van der Waals surface area (Å²) in [5.74, 6) is 0.907. The molecule has 142 valence electrons. The minimum atomic E-state index is -0.372. The second-order valence-corrected chi connectivity index (χ2v) is 6.98. The van der Waals surface area contributed by atoms with E-state index in [4.69, 9.17) is 4.52 Å². The lowest BCUT2D eigenvalue weighted by Gasteiger charge is -2.12. The SMILES string of the molecule is CNC.Cc1noc(C)c1Cn1ccc(C(=O)C2(c3ccccc3)CC2)n1. The van der Waals surface area contributed by atoms with Crippen molar-refractivity contribution < 1.29 is 9.32 Å². The first-order valence-electron chi connectivity index (χ1n) is 9.16. The van der Waals surface area contributed by atoms with Gasteiger partial charge in [0.2, 0.25) is 0 Å². The highest BCUT2D eigenvalue weighted by molar-refractivity contribution is 6.04. The van der Waals surface area contributed by atoms with Crippen molar-refractivity contribution in [2.24, 2.45) is 0 Å². The Morgan fingerprint density at radius 3 is 2.41 bits per heavy atom. The maximum atomic E-state index is 13.0. The summed E-state index contributed by atoms with van der Waals surface area (Å²) in [7, 11) is 3.75. The number of aryl methyl sites for hydroxylation is 2. The van der Waals surface area contributed by atoms with E-state index < -0.39 is 0 Å². The number of hydrogen-bond acceptors (Lipinski definition) is 5. The number of nitrogens with zero attached hydrogens (tertiary/aromatic N) is 3. The fourth-order valence-electron chi connectivity index (χ4n) is 3.23. The quantitative estimate of drug-likeness (QED) is 0.702. The number of carbonyl (C=O) groups is 1. The van der Waals surface area contributed by atoms with Crippen LogP contribution in [0.5, 0.6) is 0 Å². The van der Waals surface area contributed by atoms with Crippen LogP contribution in [0, 0.1) is 13.8 Å². The summed E-state index contributed by atoms with van der Waals surface area (Å²) in [5, 5.41) is 11.2. The summed E-state index contributed by atoms with van der Waals surface area (Å²) < 4.78 is 6.96. The Balaban J connectivity index is 0.000000659. The van der Waals surface area contributed by atoms with Crippen LogP contribution in [0.1, 0.15) is 45.9 Å². The molecule has 0 amide bonds. The lowest BCUT2D eigenvalue weighted by molar-refractivity contribution is 0.0940. The molecule has 6 nitrogen and oxygen atoms in total. The minimum Gasteiger partial charge on any atom is -0.361 e. The van der Waals surface area contributed by atoms with E-state index in [0.717, 1.165) is 35.4 Å². The van der Waals surface area contributed by atoms with E-state index in [2.05, 4.69) is 15.6 Å². The van der Waals surface area contributed by atoms with E-state index in [1.165, 1.54) is 0 Å². The van der Waals surface area contributed by atoms with Gasteiger partial charge >= 0.3 is 0 Å². The lowest BCUT2D eigenvalue weighted by atomic mass is 9.90. The van der Waals surface area contributed by atoms with E-state index in [1.807, 2.05) is 70.5 Å². The van der Waals surface area contributed by atoms with E-state index in [-0.39, 0.29) is 11.2 Å². The Hall–Kier alpha value is -2.73. The molecule has 2 heterocycles. The number of benzene rings is 1. The van der Waals surface area contributed by atoms with Gasteiger partial charge in [0.05, 0.1) is 17.7 Å². The molecule has 1 N–H and O–H groups in total. The molecule has 4 rings (SSSR count). The van der Waals surface area contributed by atoms with Crippen LogP contribution in [0.25, 0.3) is 0 Å². The molecule has 6 heteroatoms. The number of aromatic nitrogens is 3. The van der Waals surface area contributed by atoms with Crippen molar-refractivity contribution >= 4 is 5.78 Å². The molecule has 0 bridgehead atoms. The van der Waals surface area contributed by atoms with Crippen molar-refractivity contribution in [3.63, 3.8) is 0 Å². The highest BCUT2D eigenvalue weighted by Gasteiger charge is 2.51. The predicted molar refractivity (Wildman–Crippen MR) is 104 cm³/mol. The van der Waals surface area contributed by atoms with E-state index in [1.54, 1.807) is 4.68 Å². The molecule has 1 aliphatic rings. The maximum Gasteiger partial charge on any atom is 0.193 e. The summed E-state index contributed by atoms with van der Waals surface area (Å²) in [4.78, 5) is 13.0. The van der Waals surface area contributed by atoms with Gasteiger partial charge in [-0.05, 0) is 52.4 Å². The van der Waals surface area contributed by atoms with Gasteiger partial charge in [0.25, 0.3) is 0 Å². The zero-order valence-electron chi connectivity index (χ0n) is 16.3. The molecule has 0 atom stereocenters. The fourth-order valence-corrected chi connectivity index (χ4v) is 3.23. The Morgan fingerprint density at radius 2 is 1.85 bits per heavy atom. The van der Waals surface area contributed by atoms with Gasteiger partial charge in [0.1, 0.15) is 11.5 Å². The van der Waals surface area contributed by atoms with Gasteiger partial charge in [-0.25, -0.2) is 0 Å². The second kappa shape index (κ2) is 7.88. The summed E-state index contributed by atoms with van der Waals surface area (Å²) in [6.45, 7) is 4.36. The number of Topliss-reactive ketones (excluding diaryl/α,β-unsaturated/α-hetero) is 1. The normalized spacial score (nSPS) is 14.4. The first-order chi connectivity index (χ1) is 13.0. The first kappa shape index (κ1) is 19.0. The molecule has 27 heavy (non-hydrogen) atoms. The summed E-state index contributed by atoms with van der Waals surface area (Å²) in [6.07, 6.45) is 3.64. The summed E-state index contributed by atoms with van der Waals surface area (Å²) in [5.41, 5.74) is 3.13. The molecular formula is C21H26N4O2. The van der Waals surface area contributed by atoms with Crippen molar-refractivity contribution in [1.29, 1.82) is 0 Å². The van der Waals surface area contributed by atoms with Crippen LogP contribution in [-0.2, 0) is 12.0 Å². The average Bonchev–Trinajstić information content (AvgIpc) is 3.26. The van der Waals surface area contributed by atoms with Crippen molar-refractivity contribution in [3.8, 4) is 0 Å². The molecule has 2 aromatic heterocycles. The van der Waals surface area contributed by atoms with Crippen LogP contribution in [0.3, 0.4) is 0 Å². The standard InChI is InChI=1S/C19H19N3O2.C2H7N/c1-13-16(14(2)24-21-13)12-22-11-8-17(20-22)18(23)19(9-10-19)15-6-4-3-5-7-15;1-3-2/h3-8,11H,9-10,12H2,1-2H3;3H,1-2H3. The van der Waals surface area contributed by atoms with Crippen molar-refractivity contribution in [2.75, 3.05) is 14.1 Å². The zero-order valence-corrected chi connectivity index (χ0v) is 16.3. The molecule has 0 saturated heterocycles. The molecule has 1 fully saturated rings. The van der Waals surface area contributed by atoms with E-state index in [9.17, 15) is 4.79 Å². The van der Waals surface area contributed by atoms with Crippen LogP contribution in [0.4, 0.5) is 0 Å². The summed E-state index contributed by atoms with van der Waals surface area (Å²) in [6, 6.07) is 11.8. The van der Waals surface area contributed by atoms with Crippen molar-refractivity contribution in [2.45, 2.75) is 38.6 Å². The fraction of sp³-hybridized carbons (Fsp3) is 0.381.